The highest BCUT2D eigenvalue weighted by Gasteiger charge is 2.10. The molecule has 0 aliphatic heterocycles. The number of hydrogen-bond acceptors (Lipinski definition) is 4. The van der Waals surface area contributed by atoms with Gasteiger partial charge in [-0.1, -0.05) is 23.7 Å². The maximum absolute atomic E-state index is 12.2. The van der Waals surface area contributed by atoms with Crippen LogP contribution in [0.5, 0.6) is 0 Å². The Morgan fingerprint density at radius 1 is 1.14 bits per heavy atom. The van der Waals surface area contributed by atoms with Crippen LogP contribution in [0.1, 0.15) is 11.1 Å². The molecule has 2 aromatic heterocycles. The lowest BCUT2D eigenvalue weighted by molar-refractivity contribution is -0.111. The summed E-state index contributed by atoms with van der Waals surface area (Å²) in [5, 5.41) is 3.54. The zero-order chi connectivity index (χ0) is 19.5. The predicted octanol–water partition coefficient (Wildman–Crippen LogP) is 5.50. The molecule has 0 fully saturated rings. The van der Waals surface area contributed by atoms with Crippen molar-refractivity contribution < 1.29 is 9.21 Å². The van der Waals surface area contributed by atoms with Gasteiger partial charge in [-0.2, -0.15) is 4.98 Å². The number of amides is 1. The number of nitrogens with zero attached hydrogens (tertiary/aromatic N) is 2. The van der Waals surface area contributed by atoms with Crippen molar-refractivity contribution in [1.82, 2.24) is 9.97 Å². The first-order valence-corrected chi connectivity index (χ1v) is 9.03. The van der Waals surface area contributed by atoms with Gasteiger partial charge in [-0.15, -0.1) is 0 Å². The predicted molar refractivity (Wildman–Crippen MR) is 111 cm³/mol. The van der Waals surface area contributed by atoms with Crippen molar-refractivity contribution in [3.8, 4) is 11.5 Å². The molecule has 0 atom stereocenters. The van der Waals surface area contributed by atoms with Crippen molar-refractivity contribution in [2.75, 3.05) is 5.32 Å². The summed E-state index contributed by atoms with van der Waals surface area (Å²) in [6, 6.07) is 16.5. The monoisotopic (exact) mass is 389 g/mol. The molecule has 4 aromatic rings. The van der Waals surface area contributed by atoms with Crippen LogP contribution in [-0.2, 0) is 4.79 Å². The lowest BCUT2D eigenvalue weighted by atomic mass is 10.1. The maximum atomic E-state index is 12.2. The Hall–Kier alpha value is -3.44. The molecule has 0 saturated carbocycles. The lowest BCUT2D eigenvalue weighted by Crippen LogP contribution is -2.08. The fourth-order valence-corrected chi connectivity index (χ4v) is 2.88. The highest BCUT2D eigenvalue weighted by molar-refractivity contribution is 6.30. The number of carbonyl (C=O) groups excluding carboxylic acids is 1. The SMILES string of the molecule is Cc1cc(-c2nc3ncccc3o2)ccc1NC(=O)C=Cc1ccc(Cl)cc1. The largest absolute Gasteiger partial charge is 0.434 e. The Morgan fingerprint density at radius 3 is 2.71 bits per heavy atom. The molecule has 138 valence electrons. The first kappa shape index (κ1) is 17.9. The number of anilines is 1. The molecule has 0 saturated heterocycles. The summed E-state index contributed by atoms with van der Waals surface area (Å²) in [4.78, 5) is 20.8. The normalized spacial score (nSPS) is 11.2. The van der Waals surface area contributed by atoms with Gasteiger partial charge in [0.05, 0.1) is 0 Å². The first-order chi connectivity index (χ1) is 13.6. The highest BCUT2D eigenvalue weighted by Crippen LogP contribution is 2.26. The Balaban J connectivity index is 1.49. The number of fused-ring (bicyclic) bond motifs is 1. The van der Waals surface area contributed by atoms with E-state index in [2.05, 4.69) is 15.3 Å². The summed E-state index contributed by atoms with van der Waals surface area (Å²) in [6.45, 7) is 1.92. The number of aryl methyl sites for hydroxylation is 1. The van der Waals surface area contributed by atoms with E-state index >= 15 is 0 Å². The Bertz CT molecular complexity index is 1150. The van der Waals surface area contributed by atoms with E-state index in [9.17, 15) is 4.79 Å². The zero-order valence-corrected chi connectivity index (χ0v) is 15.8. The molecule has 2 aromatic carbocycles. The van der Waals surface area contributed by atoms with Gasteiger partial charge < -0.3 is 9.73 Å². The van der Waals surface area contributed by atoms with Crippen LogP contribution in [0.2, 0.25) is 5.02 Å². The number of halogens is 1. The van der Waals surface area contributed by atoms with Crippen molar-refractivity contribution in [1.29, 1.82) is 0 Å². The summed E-state index contributed by atoms with van der Waals surface area (Å²) < 4.78 is 5.74. The van der Waals surface area contributed by atoms with Gasteiger partial charge in [-0.25, -0.2) is 4.98 Å². The lowest BCUT2D eigenvalue weighted by Gasteiger charge is -2.07. The quantitative estimate of drug-likeness (QED) is 0.468. The topological polar surface area (TPSA) is 68.0 Å². The summed E-state index contributed by atoms with van der Waals surface area (Å²) in [5.74, 6) is 0.286. The highest BCUT2D eigenvalue weighted by atomic mass is 35.5. The van der Waals surface area contributed by atoms with Gasteiger partial charge in [0, 0.05) is 28.5 Å². The number of benzene rings is 2. The second-order valence-corrected chi connectivity index (χ2v) is 6.68. The number of carbonyl (C=O) groups is 1. The van der Waals surface area contributed by atoms with Crippen LogP contribution in [0.25, 0.3) is 28.8 Å². The summed E-state index contributed by atoms with van der Waals surface area (Å²) >= 11 is 5.86. The number of rotatable bonds is 4. The summed E-state index contributed by atoms with van der Waals surface area (Å²) in [6.07, 6.45) is 4.90. The molecule has 0 bridgehead atoms. The number of oxazole rings is 1. The van der Waals surface area contributed by atoms with Gasteiger partial charge in [0.25, 0.3) is 0 Å². The molecule has 1 N–H and O–H groups in total. The molecular weight excluding hydrogens is 374 g/mol. The minimum absolute atomic E-state index is 0.211. The third kappa shape index (κ3) is 3.94. The second-order valence-electron chi connectivity index (χ2n) is 6.25. The average Bonchev–Trinajstić information content (AvgIpc) is 3.13. The number of aromatic nitrogens is 2. The van der Waals surface area contributed by atoms with Crippen molar-refractivity contribution in [2.24, 2.45) is 0 Å². The van der Waals surface area contributed by atoms with Gasteiger partial charge in [0.1, 0.15) is 0 Å². The smallest absolute Gasteiger partial charge is 0.248 e. The van der Waals surface area contributed by atoms with E-state index in [0.717, 1.165) is 22.4 Å². The molecule has 0 radical (unpaired) electrons. The van der Waals surface area contributed by atoms with Crippen LogP contribution >= 0.6 is 11.6 Å². The van der Waals surface area contributed by atoms with Crippen molar-refractivity contribution in [2.45, 2.75) is 6.92 Å². The van der Waals surface area contributed by atoms with Crippen LogP contribution in [0.15, 0.2) is 71.3 Å². The Labute approximate surface area is 166 Å². The van der Waals surface area contributed by atoms with Crippen molar-refractivity contribution >= 4 is 40.5 Å². The van der Waals surface area contributed by atoms with Gasteiger partial charge in [-0.3, -0.25) is 4.79 Å². The molecule has 1 amide bonds. The van der Waals surface area contributed by atoms with E-state index in [1.165, 1.54) is 6.08 Å². The maximum Gasteiger partial charge on any atom is 0.248 e. The van der Waals surface area contributed by atoms with E-state index in [1.807, 2.05) is 43.3 Å². The Kier molecular flexibility index (Phi) is 4.91. The van der Waals surface area contributed by atoms with Crippen molar-refractivity contribution in [3.63, 3.8) is 0 Å². The molecule has 5 nitrogen and oxygen atoms in total. The standard InChI is InChI=1S/C22H16ClN3O2/c1-14-13-16(22-26-21-19(28-22)3-2-12-24-21)7-10-18(14)25-20(27)11-6-15-4-8-17(23)9-5-15/h2-13H,1H3,(H,25,27). The minimum Gasteiger partial charge on any atom is -0.434 e. The third-order valence-electron chi connectivity index (χ3n) is 4.19. The molecule has 0 aliphatic carbocycles. The van der Waals surface area contributed by atoms with Gasteiger partial charge in [0.15, 0.2) is 11.2 Å². The average molecular weight is 390 g/mol. The molecule has 4 rings (SSSR count). The molecular formula is C22H16ClN3O2. The minimum atomic E-state index is -0.211. The van der Waals surface area contributed by atoms with E-state index in [4.69, 9.17) is 16.0 Å². The van der Waals surface area contributed by atoms with Crippen LogP contribution in [-0.4, -0.2) is 15.9 Å². The fraction of sp³-hybridized carbons (Fsp3) is 0.0455. The van der Waals surface area contributed by atoms with E-state index < -0.39 is 0 Å². The first-order valence-electron chi connectivity index (χ1n) is 8.66. The Morgan fingerprint density at radius 2 is 1.96 bits per heavy atom. The molecule has 0 spiro atoms. The fourth-order valence-electron chi connectivity index (χ4n) is 2.75. The van der Waals surface area contributed by atoms with Crippen LogP contribution < -0.4 is 5.32 Å². The summed E-state index contributed by atoms with van der Waals surface area (Å²) in [5.41, 5.74) is 4.56. The van der Waals surface area contributed by atoms with E-state index in [0.29, 0.717) is 22.1 Å². The van der Waals surface area contributed by atoms with Crippen LogP contribution in [0, 0.1) is 6.92 Å². The molecule has 2 heterocycles. The van der Waals surface area contributed by atoms with E-state index in [1.54, 1.807) is 30.5 Å². The zero-order valence-electron chi connectivity index (χ0n) is 15.0. The number of hydrogen-bond donors (Lipinski definition) is 1. The number of pyridine rings is 1. The number of nitrogens with one attached hydrogen (secondary N) is 1. The summed E-state index contributed by atoms with van der Waals surface area (Å²) in [7, 11) is 0. The molecule has 6 heteroatoms. The van der Waals surface area contributed by atoms with Gasteiger partial charge in [0.2, 0.25) is 11.8 Å². The van der Waals surface area contributed by atoms with E-state index in [-0.39, 0.29) is 5.91 Å². The molecule has 0 unspecified atom stereocenters. The van der Waals surface area contributed by atoms with Crippen LogP contribution in [0.3, 0.4) is 0 Å². The van der Waals surface area contributed by atoms with Crippen LogP contribution in [0.4, 0.5) is 5.69 Å². The van der Waals surface area contributed by atoms with Gasteiger partial charge >= 0.3 is 0 Å². The third-order valence-corrected chi connectivity index (χ3v) is 4.45. The van der Waals surface area contributed by atoms with Crippen molar-refractivity contribution in [3.05, 3.63) is 83.0 Å². The second kappa shape index (κ2) is 7.66. The van der Waals surface area contributed by atoms with Gasteiger partial charge in [-0.05, 0) is 66.6 Å². The molecule has 0 aliphatic rings. The molecule has 28 heavy (non-hydrogen) atoms.